The lowest BCUT2D eigenvalue weighted by Crippen LogP contribution is -2.06. The van der Waals surface area contributed by atoms with E-state index in [-0.39, 0.29) is 17.3 Å². The second kappa shape index (κ2) is 6.89. The van der Waals surface area contributed by atoms with E-state index >= 15 is 0 Å². The molecule has 3 aromatic rings. The Morgan fingerprint density at radius 2 is 1.76 bits per heavy atom. The van der Waals surface area contributed by atoms with E-state index in [9.17, 15) is 5.26 Å². The van der Waals surface area contributed by atoms with E-state index in [1.807, 2.05) is 61.5 Å². The number of hydrogen-bond donors (Lipinski definition) is 2. The number of aryl methyl sites for hydroxylation is 1. The average molecular weight is 331 g/mol. The smallest absolute Gasteiger partial charge is 0.222 e. The molecule has 0 fully saturated rings. The minimum Gasteiger partial charge on any atom is -0.488 e. The van der Waals surface area contributed by atoms with Crippen LogP contribution in [0.4, 0.5) is 11.8 Å². The van der Waals surface area contributed by atoms with Gasteiger partial charge in [-0.15, -0.1) is 0 Å². The van der Waals surface area contributed by atoms with Crippen molar-refractivity contribution in [3.05, 3.63) is 65.2 Å². The molecule has 0 bridgehead atoms. The Hall–Kier alpha value is -3.59. The van der Waals surface area contributed by atoms with Crippen LogP contribution in [0.25, 0.3) is 11.3 Å². The van der Waals surface area contributed by atoms with Crippen molar-refractivity contribution in [2.75, 3.05) is 11.5 Å². The Labute approximate surface area is 145 Å². The first-order valence-electron chi connectivity index (χ1n) is 7.70. The summed E-state index contributed by atoms with van der Waals surface area (Å²) in [7, 11) is 0. The van der Waals surface area contributed by atoms with Gasteiger partial charge in [0, 0.05) is 5.56 Å². The Morgan fingerprint density at radius 3 is 2.52 bits per heavy atom. The second-order valence-electron chi connectivity index (χ2n) is 5.51. The lowest BCUT2D eigenvalue weighted by Gasteiger charge is -2.14. The summed E-state index contributed by atoms with van der Waals surface area (Å²) in [5.74, 6) is 0.665. The average Bonchev–Trinajstić information content (AvgIpc) is 2.61. The van der Waals surface area contributed by atoms with Gasteiger partial charge in [0.2, 0.25) is 5.95 Å². The van der Waals surface area contributed by atoms with Crippen LogP contribution >= 0.6 is 0 Å². The van der Waals surface area contributed by atoms with Crippen LogP contribution in [0.2, 0.25) is 0 Å². The number of nitriles is 1. The number of aromatic nitrogens is 2. The summed E-state index contributed by atoms with van der Waals surface area (Å²) in [6.45, 7) is 2.44. The topological polar surface area (TPSA) is 111 Å². The fourth-order valence-electron chi connectivity index (χ4n) is 2.52. The molecule has 0 aliphatic rings. The van der Waals surface area contributed by atoms with Crippen molar-refractivity contribution in [2.24, 2.45) is 0 Å². The summed E-state index contributed by atoms with van der Waals surface area (Å²) in [5, 5.41) is 9.40. The maximum atomic E-state index is 9.40. The van der Waals surface area contributed by atoms with E-state index in [0.717, 1.165) is 11.1 Å². The standard InChI is InChI=1S/C19H17N5O/c1-12-6-2-3-7-13(12)11-25-16-9-5-4-8-14(16)17-15(10-20)18(21)24-19(22)23-17/h2-9H,11H2,1H3,(H4,21,22,23,24). The van der Waals surface area contributed by atoms with Gasteiger partial charge in [-0.2, -0.15) is 10.2 Å². The van der Waals surface area contributed by atoms with E-state index in [1.165, 1.54) is 0 Å². The molecule has 0 atom stereocenters. The van der Waals surface area contributed by atoms with E-state index in [4.69, 9.17) is 16.2 Å². The monoisotopic (exact) mass is 331 g/mol. The van der Waals surface area contributed by atoms with E-state index < -0.39 is 0 Å². The molecule has 3 rings (SSSR count). The van der Waals surface area contributed by atoms with Crippen LogP contribution in [-0.4, -0.2) is 9.97 Å². The van der Waals surface area contributed by atoms with Crippen LogP contribution in [-0.2, 0) is 6.61 Å². The van der Waals surface area contributed by atoms with Crippen LogP contribution in [0.1, 0.15) is 16.7 Å². The SMILES string of the molecule is Cc1ccccc1COc1ccccc1-c1nc(N)nc(N)c1C#N. The van der Waals surface area contributed by atoms with Crippen molar-refractivity contribution >= 4 is 11.8 Å². The van der Waals surface area contributed by atoms with Crippen molar-refractivity contribution in [3.8, 4) is 23.1 Å². The molecule has 0 amide bonds. The molecule has 124 valence electrons. The first-order valence-corrected chi connectivity index (χ1v) is 7.70. The minimum atomic E-state index is 0.0141. The van der Waals surface area contributed by atoms with Gasteiger partial charge >= 0.3 is 0 Å². The van der Waals surface area contributed by atoms with Gasteiger partial charge in [-0.05, 0) is 30.2 Å². The molecule has 2 aromatic carbocycles. The number of rotatable bonds is 4. The molecule has 6 nitrogen and oxygen atoms in total. The molecule has 0 saturated carbocycles. The zero-order chi connectivity index (χ0) is 17.8. The molecule has 0 aliphatic heterocycles. The predicted molar refractivity (Wildman–Crippen MR) is 96.5 cm³/mol. The maximum Gasteiger partial charge on any atom is 0.222 e. The van der Waals surface area contributed by atoms with Gasteiger partial charge in [-0.3, -0.25) is 0 Å². The number of hydrogen-bond acceptors (Lipinski definition) is 6. The molecule has 6 heteroatoms. The summed E-state index contributed by atoms with van der Waals surface area (Å²) < 4.78 is 5.99. The van der Waals surface area contributed by atoms with Crippen LogP contribution < -0.4 is 16.2 Å². The quantitative estimate of drug-likeness (QED) is 0.760. The van der Waals surface area contributed by atoms with Gasteiger partial charge in [-0.1, -0.05) is 36.4 Å². The van der Waals surface area contributed by atoms with Gasteiger partial charge in [0.15, 0.2) is 0 Å². The number of nitrogen functional groups attached to an aromatic ring is 2. The molecular formula is C19H17N5O. The Kier molecular flexibility index (Phi) is 4.48. The fraction of sp³-hybridized carbons (Fsp3) is 0.105. The van der Waals surface area contributed by atoms with Crippen molar-refractivity contribution in [2.45, 2.75) is 13.5 Å². The highest BCUT2D eigenvalue weighted by Crippen LogP contribution is 2.33. The third-order valence-electron chi connectivity index (χ3n) is 3.85. The van der Waals surface area contributed by atoms with Crippen LogP contribution in [0.5, 0.6) is 5.75 Å². The van der Waals surface area contributed by atoms with Gasteiger partial charge in [0.25, 0.3) is 0 Å². The van der Waals surface area contributed by atoms with Crippen molar-refractivity contribution in [3.63, 3.8) is 0 Å². The normalized spacial score (nSPS) is 10.2. The third kappa shape index (κ3) is 3.35. The zero-order valence-corrected chi connectivity index (χ0v) is 13.7. The summed E-state index contributed by atoms with van der Waals surface area (Å²) in [5.41, 5.74) is 14.9. The Morgan fingerprint density at radius 1 is 1.04 bits per heavy atom. The molecule has 25 heavy (non-hydrogen) atoms. The lowest BCUT2D eigenvalue weighted by atomic mass is 10.1. The molecule has 0 spiro atoms. The molecule has 0 aliphatic carbocycles. The molecule has 0 unspecified atom stereocenters. The summed E-state index contributed by atoms with van der Waals surface area (Å²) in [6.07, 6.45) is 0. The predicted octanol–water partition coefficient (Wildman–Crippen LogP) is 3.07. The van der Waals surface area contributed by atoms with Gasteiger partial charge < -0.3 is 16.2 Å². The number of benzene rings is 2. The van der Waals surface area contributed by atoms with Crippen LogP contribution in [0, 0.1) is 18.3 Å². The summed E-state index contributed by atoms with van der Waals surface area (Å²) >= 11 is 0. The van der Waals surface area contributed by atoms with Gasteiger partial charge in [-0.25, -0.2) is 4.98 Å². The minimum absolute atomic E-state index is 0.0141. The molecule has 1 aromatic heterocycles. The van der Waals surface area contributed by atoms with E-state index in [1.54, 1.807) is 0 Å². The summed E-state index contributed by atoms with van der Waals surface area (Å²) in [4.78, 5) is 8.04. The Bertz CT molecular complexity index is 962. The van der Waals surface area contributed by atoms with E-state index in [2.05, 4.69) is 9.97 Å². The highest BCUT2D eigenvalue weighted by molar-refractivity contribution is 5.77. The fourth-order valence-corrected chi connectivity index (χ4v) is 2.52. The number of nitrogens with zero attached hydrogens (tertiary/aromatic N) is 3. The summed E-state index contributed by atoms with van der Waals surface area (Å²) in [6, 6.07) is 17.4. The Balaban J connectivity index is 2.00. The molecule has 4 N–H and O–H groups in total. The lowest BCUT2D eigenvalue weighted by molar-refractivity contribution is 0.306. The van der Waals surface area contributed by atoms with E-state index in [0.29, 0.717) is 23.6 Å². The molecule has 0 saturated heterocycles. The number of anilines is 2. The third-order valence-corrected chi connectivity index (χ3v) is 3.85. The zero-order valence-electron chi connectivity index (χ0n) is 13.7. The van der Waals surface area contributed by atoms with Crippen LogP contribution in [0.3, 0.4) is 0 Å². The molecule has 1 heterocycles. The number of ether oxygens (including phenoxy) is 1. The second-order valence-corrected chi connectivity index (χ2v) is 5.51. The highest BCUT2D eigenvalue weighted by atomic mass is 16.5. The van der Waals surface area contributed by atoms with Gasteiger partial charge in [0.1, 0.15) is 29.8 Å². The first kappa shape index (κ1) is 16.3. The number of para-hydroxylation sites is 1. The van der Waals surface area contributed by atoms with Crippen LogP contribution in [0.15, 0.2) is 48.5 Å². The molecule has 0 radical (unpaired) electrons. The van der Waals surface area contributed by atoms with Crippen molar-refractivity contribution in [1.82, 2.24) is 9.97 Å². The highest BCUT2D eigenvalue weighted by Gasteiger charge is 2.16. The number of nitrogens with two attached hydrogens (primary N) is 2. The van der Waals surface area contributed by atoms with Gasteiger partial charge in [0.05, 0.1) is 5.69 Å². The molecular weight excluding hydrogens is 314 g/mol. The van der Waals surface area contributed by atoms with Crippen molar-refractivity contribution < 1.29 is 4.74 Å². The van der Waals surface area contributed by atoms with Crippen molar-refractivity contribution in [1.29, 1.82) is 5.26 Å². The first-order chi connectivity index (χ1) is 12.1. The largest absolute Gasteiger partial charge is 0.488 e. The maximum absolute atomic E-state index is 9.40.